The number of benzene rings is 3. The first kappa shape index (κ1) is 25.1. The number of halogens is 3. The number of fused-ring (bicyclic) bond motifs is 1. The average Bonchev–Trinajstić information content (AvgIpc) is 2.83. The van der Waals surface area contributed by atoms with E-state index in [1.165, 1.54) is 23.3 Å². The number of carbonyl (C=O) groups excluding carboxylic acids is 2. The van der Waals surface area contributed by atoms with Crippen LogP contribution in [-0.4, -0.2) is 24.5 Å². The molecule has 3 amide bonds. The highest BCUT2D eigenvalue weighted by Gasteiger charge is 2.30. The predicted molar refractivity (Wildman–Crippen MR) is 134 cm³/mol. The van der Waals surface area contributed by atoms with Crippen LogP contribution in [0.25, 0.3) is 0 Å². The largest absolute Gasteiger partial charge is 0.416 e. The van der Waals surface area contributed by atoms with E-state index in [4.69, 9.17) is 0 Å². The van der Waals surface area contributed by atoms with E-state index in [1.807, 2.05) is 26.0 Å². The van der Waals surface area contributed by atoms with Gasteiger partial charge in [-0.3, -0.25) is 4.79 Å². The maximum atomic E-state index is 13.0. The van der Waals surface area contributed by atoms with Gasteiger partial charge >= 0.3 is 12.2 Å². The summed E-state index contributed by atoms with van der Waals surface area (Å²) in [5, 5.41) is 8.08. The van der Waals surface area contributed by atoms with Crippen molar-refractivity contribution in [2.24, 2.45) is 0 Å². The van der Waals surface area contributed by atoms with E-state index in [-0.39, 0.29) is 17.6 Å². The zero-order chi connectivity index (χ0) is 25.9. The number of hydrogen-bond acceptors (Lipinski definition) is 3. The highest BCUT2D eigenvalue weighted by atomic mass is 19.4. The first-order valence-corrected chi connectivity index (χ1v) is 11.6. The number of amides is 3. The van der Waals surface area contributed by atoms with Gasteiger partial charge in [0.2, 0.25) is 0 Å². The average molecular weight is 497 g/mol. The van der Waals surface area contributed by atoms with Crippen LogP contribution in [0.2, 0.25) is 0 Å². The Morgan fingerprint density at radius 3 is 2.19 bits per heavy atom. The molecule has 9 heteroatoms. The predicted octanol–water partition coefficient (Wildman–Crippen LogP) is 6.05. The Hall–Kier alpha value is -4.01. The first-order chi connectivity index (χ1) is 17.1. The maximum Gasteiger partial charge on any atom is 0.416 e. The lowest BCUT2D eigenvalue weighted by Crippen LogP contribution is -2.35. The molecule has 0 fully saturated rings. The summed E-state index contributed by atoms with van der Waals surface area (Å²) in [6.45, 7) is 5.15. The van der Waals surface area contributed by atoms with Gasteiger partial charge in [0.05, 0.1) is 11.1 Å². The van der Waals surface area contributed by atoms with Gasteiger partial charge in [-0.05, 0) is 73.9 Å². The van der Waals surface area contributed by atoms with E-state index in [0.29, 0.717) is 17.8 Å². The molecule has 3 aromatic rings. The molecule has 4 rings (SSSR count). The molecule has 6 nitrogen and oxygen atoms in total. The van der Waals surface area contributed by atoms with Gasteiger partial charge in [0.15, 0.2) is 0 Å². The molecule has 1 heterocycles. The Morgan fingerprint density at radius 2 is 1.53 bits per heavy atom. The standard InChI is InChI=1S/C27H27F3N4O2/c1-17(2)31-25(35)23-15-22(33-26(36)32-21-9-7-20(8-10-21)27(28,29)30)11-12-24(23)34-14-13-18-5-3-4-6-19(18)16-34/h3-12,15,17H,13-14,16H2,1-2H3,(H,31,35)(H2,32,33,36). The summed E-state index contributed by atoms with van der Waals surface area (Å²) in [5.41, 5.74) is 3.48. The topological polar surface area (TPSA) is 73.5 Å². The number of alkyl halides is 3. The fourth-order valence-corrected chi connectivity index (χ4v) is 4.15. The molecule has 0 aromatic heterocycles. The Bertz CT molecular complexity index is 1260. The third kappa shape index (κ3) is 5.97. The molecule has 188 valence electrons. The lowest BCUT2D eigenvalue weighted by atomic mass is 9.98. The van der Waals surface area contributed by atoms with Crippen molar-refractivity contribution >= 4 is 29.0 Å². The van der Waals surface area contributed by atoms with Crippen molar-refractivity contribution in [3.05, 3.63) is 89.0 Å². The number of rotatable bonds is 5. The zero-order valence-electron chi connectivity index (χ0n) is 19.9. The van der Waals surface area contributed by atoms with Gasteiger partial charge in [-0.15, -0.1) is 0 Å². The Balaban J connectivity index is 1.53. The summed E-state index contributed by atoms with van der Waals surface area (Å²) >= 11 is 0. The Kier molecular flexibility index (Phi) is 7.19. The normalized spacial score (nSPS) is 13.2. The van der Waals surface area contributed by atoms with E-state index in [0.717, 1.165) is 30.8 Å². The van der Waals surface area contributed by atoms with E-state index >= 15 is 0 Å². The summed E-state index contributed by atoms with van der Waals surface area (Å²) in [4.78, 5) is 27.7. The third-order valence-electron chi connectivity index (χ3n) is 5.86. The van der Waals surface area contributed by atoms with Crippen LogP contribution in [0.1, 0.15) is 40.9 Å². The molecule has 1 aliphatic heterocycles. The molecule has 0 spiro atoms. The maximum absolute atomic E-state index is 13.0. The second-order valence-electron chi connectivity index (χ2n) is 8.95. The monoisotopic (exact) mass is 496 g/mol. The van der Waals surface area contributed by atoms with Crippen molar-refractivity contribution in [1.29, 1.82) is 0 Å². The number of carbonyl (C=O) groups is 2. The minimum absolute atomic E-state index is 0.0768. The summed E-state index contributed by atoms with van der Waals surface area (Å²) in [6.07, 6.45) is -3.59. The number of nitrogens with one attached hydrogen (secondary N) is 3. The van der Waals surface area contributed by atoms with Crippen LogP contribution in [0.4, 0.5) is 35.0 Å². The highest BCUT2D eigenvalue weighted by molar-refractivity contribution is 6.04. The SMILES string of the molecule is CC(C)NC(=O)c1cc(NC(=O)Nc2ccc(C(F)(F)F)cc2)ccc1N1CCc2ccccc2C1. The zero-order valence-corrected chi connectivity index (χ0v) is 19.9. The van der Waals surface area contributed by atoms with Crippen LogP contribution in [-0.2, 0) is 19.1 Å². The smallest absolute Gasteiger partial charge is 0.366 e. The van der Waals surface area contributed by atoms with Gasteiger partial charge in [0.1, 0.15) is 0 Å². The van der Waals surface area contributed by atoms with Gasteiger partial charge in [-0.1, -0.05) is 24.3 Å². The van der Waals surface area contributed by atoms with Crippen LogP contribution in [0.15, 0.2) is 66.7 Å². The van der Waals surface area contributed by atoms with Crippen LogP contribution < -0.4 is 20.9 Å². The Labute approximate surface area is 207 Å². The summed E-state index contributed by atoms with van der Waals surface area (Å²) in [7, 11) is 0. The van der Waals surface area contributed by atoms with E-state index in [1.54, 1.807) is 18.2 Å². The fraction of sp³-hybridized carbons (Fsp3) is 0.259. The molecule has 0 atom stereocenters. The molecule has 0 unspecified atom stereocenters. The summed E-state index contributed by atoms with van der Waals surface area (Å²) < 4.78 is 38.3. The fourth-order valence-electron chi connectivity index (χ4n) is 4.15. The minimum atomic E-state index is -4.45. The van der Waals surface area contributed by atoms with Crippen molar-refractivity contribution in [3.8, 4) is 0 Å². The molecule has 0 saturated carbocycles. The molecule has 0 saturated heterocycles. The quantitative estimate of drug-likeness (QED) is 0.403. The number of nitrogens with zero attached hydrogens (tertiary/aromatic N) is 1. The number of anilines is 3. The molecular weight excluding hydrogens is 469 g/mol. The molecule has 0 aliphatic carbocycles. The summed E-state index contributed by atoms with van der Waals surface area (Å²) in [6, 6.07) is 16.8. The van der Waals surface area contributed by atoms with Crippen LogP contribution in [0, 0.1) is 0 Å². The van der Waals surface area contributed by atoms with Crippen molar-refractivity contribution in [2.75, 3.05) is 22.1 Å². The van der Waals surface area contributed by atoms with Gasteiger partial charge in [0, 0.05) is 36.2 Å². The van der Waals surface area contributed by atoms with E-state index in [2.05, 4.69) is 33.0 Å². The highest BCUT2D eigenvalue weighted by Crippen LogP contribution is 2.31. The second kappa shape index (κ2) is 10.3. The third-order valence-corrected chi connectivity index (χ3v) is 5.86. The van der Waals surface area contributed by atoms with Crippen LogP contribution in [0.5, 0.6) is 0 Å². The van der Waals surface area contributed by atoms with Gasteiger partial charge in [-0.2, -0.15) is 13.2 Å². The lowest BCUT2D eigenvalue weighted by Gasteiger charge is -2.32. The van der Waals surface area contributed by atoms with E-state index < -0.39 is 17.8 Å². The van der Waals surface area contributed by atoms with Crippen molar-refractivity contribution in [2.45, 2.75) is 39.0 Å². The first-order valence-electron chi connectivity index (χ1n) is 11.6. The molecule has 0 bridgehead atoms. The molecule has 3 N–H and O–H groups in total. The van der Waals surface area contributed by atoms with Crippen molar-refractivity contribution < 1.29 is 22.8 Å². The van der Waals surface area contributed by atoms with Gasteiger partial charge < -0.3 is 20.9 Å². The molecular formula is C27H27F3N4O2. The Morgan fingerprint density at radius 1 is 0.889 bits per heavy atom. The van der Waals surface area contributed by atoms with Gasteiger partial charge in [-0.25, -0.2) is 4.79 Å². The molecule has 36 heavy (non-hydrogen) atoms. The van der Waals surface area contributed by atoms with Crippen LogP contribution in [0.3, 0.4) is 0 Å². The van der Waals surface area contributed by atoms with E-state index in [9.17, 15) is 22.8 Å². The number of hydrogen-bond donors (Lipinski definition) is 3. The van der Waals surface area contributed by atoms with Gasteiger partial charge in [0.25, 0.3) is 5.91 Å². The minimum Gasteiger partial charge on any atom is -0.366 e. The second-order valence-corrected chi connectivity index (χ2v) is 8.95. The van der Waals surface area contributed by atoms with Crippen molar-refractivity contribution in [1.82, 2.24) is 5.32 Å². The van der Waals surface area contributed by atoms with Crippen molar-refractivity contribution in [3.63, 3.8) is 0 Å². The number of urea groups is 1. The molecule has 0 radical (unpaired) electrons. The van der Waals surface area contributed by atoms with Crippen LogP contribution >= 0.6 is 0 Å². The summed E-state index contributed by atoms with van der Waals surface area (Å²) in [5.74, 6) is -0.259. The lowest BCUT2D eigenvalue weighted by molar-refractivity contribution is -0.137. The molecule has 3 aromatic carbocycles. The molecule has 1 aliphatic rings.